The molecule has 0 bridgehead atoms. The highest BCUT2D eigenvalue weighted by atomic mass is 16.3. The molecule has 0 aliphatic carbocycles. The first-order valence-electron chi connectivity index (χ1n) is 8.43. The van der Waals surface area contributed by atoms with Crippen molar-refractivity contribution in [3.05, 3.63) is 35.5 Å². The van der Waals surface area contributed by atoms with Crippen molar-refractivity contribution in [2.45, 2.75) is 45.6 Å². The van der Waals surface area contributed by atoms with Crippen molar-refractivity contribution in [2.75, 3.05) is 13.1 Å². The van der Waals surface area contributed by atoms with Crippen LogP contribution in [0.1, 0.15) is 49.2 Å². The predicted molar refractivity (Wildman–Crippen MR) is 92.6 cm³/mol. The van der Waals surface area contributed by atoms with Crippen molar-refractivity contribution in [3.8, 4) is 0 Å². The quantitative estimate of drug-likeness (QED) is 0.911. The molecule has 1 saturated heterocycles. The summed E-state index contributed by atoms with van der Waals surface area (Å²) in [4.78, 5) is 17.9. The van der Waals surface area contributed by atoms with Crippen LogP contribution in [0.15, 0.2) is 24.3 Å². The number of rotatable bonds is 3. The number of nitrogens with zero attached hydrogens (tertiary/aromatic N) is 1. The number of aryl methyl sites for hydroxylation is 1. The molecule has 0 spiro atoms. The van der Waals surface area contributed by atoms with Gasteiger partial charge in [-0.1, -0.05) is 12.1 Å². The Bertz CT molecular complexity index is 704. The van der Waals surface area contributed by atoms with E-state index in [1.165, 1.54) is 5.56 Å². The maximum atomic E-state index is 12.7. The van der Waals surface area contributed by atoms with E-state index in [2.05, 4.69) is 24.0 Å². The number of aliphatic hydroxyl groups is 1. The van der Waals surface area contributed by atoms with Crippen LogP contribution in [0.4, 0.5) is 0 Å². The van der Waals surface area contributed by atoms with Crippen LogP contribution in [-0.4, -0.2) is 39.6 Å². The van der Waals surface area contributed by atoms with Gasteiger partial charge in [-0.05, 0) is 63.6 Å². The van der Waals surface area contributed by atoms with Crippen molar-refractivity contribution < 1.29 is 9.90 Å². The first kappa shape index (κ1) is 16.1. The number of aromatic amines is 1. The fraction of sp³-hybridized carbons (Fsp3) is 0.526. The summed E-state index contributed by atoms with van der Waals surface area (Å²) in [5, 5.41) is 11.0. The van der Waals surface area contributed by atoms with E-state index in [1.54, 1.807) is 0 Å². The van der Waals surface area contributed by atoms with Gasteiger partial charge >= 0.3 is 0 Å². The van der Waals surface area contributed by atoms with Crippen LogP contribution >= 0.6 is 0 Å². The van der Waals surface area contributed by atoms with Crippen LogP contribution in [0, 0.1) is 12.8 Å². The van der Waals surface area contributed by atoms with Crippen LogP contribution in [0.25, 0.3) is 10.9 Å². The van der Waals surface area contributed by atoms with Crippen LogP contribution in [-0.2, 0) is 0 Å². The van der Waals surface area contributed by atoms with Gasteiger partial charge in [0.2, 0.25) is 0 Å². The van der Waals surface area contributed by atoms with Gasteiger partial charge in [0.25, 0.3) is 5.91 Å². The molecular weight excluding hydrogens is 288 g/mol. The second kappa shape index (κ2) is 6.00. The summed E-state index contributed by atoms with van der Waals surface area (Å²) in [5.41, 5.74) is 2.26. The van der Waals surface area contributed by atoms with Crippen molar-refractivity contribution in [3.63, 3.8) is 0 Å². The normalized spacial score (nSPS) is 17.0. The van der Waals surface area contributed by atoms with E-state index in [-0.39, 0.29) is 5.91 Å². The maximum absolute atomic E-state index is 12.7. The second-order valence-corrected chi connectivity index (χ2v) is 7.53. The highest BCUT2D eigenvalue weighted by Crippen LogP contribution is 2.27. The third kappa shape index (κ3) is 3.75. The minimum absolute atomic E-state index is 0.0839. The molecule has 0 unspecified atom stereocenters. The number of H-pyrrole nitrogens is 1. The zero-order valence-electron chi connectivity index (χ0n) is 14.2. The van der Waals surface area contributed by atoms with Gasteiger partial charge in [-0.25, -0.2) is 0 Å². The van der Waals surface area contributed by atoms with Crippen molar-refractivity contribution in [1.82, 2.24) is 9.88 Å². The van der Waals surface area contributed by atoms with Crippen molar-refractivity contribution in [2.24, 2.45) is 5.92 Å². The van der Waals surface area contributed by atoms with Gasteiger partial charge in [-0.3, -0.25) is 4.79 Å². The molecule has 2 aromatic rings. The summed E-state index contributed by atoms with van der Waals surface area (Å²) >= 11 is 0. The molecule has 3 rings (SSSR count). The lowest BCUT2D eigenvalue weighted by molar-refractivity contribution is 0.0357. The molecule has 0 saturated carbocycles. The number of carbonyl (C=O) groups excluding carboxylic acids is 1. The average molecular weight is 314 g/mol. The molecule has 2 heterocycles. The summed E-state index contributed by atoms with van der Waals surface area (Å²) in [5.74, 6) is 0.588. The van der Waals surface area contributed by atoms with E-state index < -0.39 is 5.60 Å². The molecule has 4 nitrogen and oxygen atoms in total. The van der Waals surface area contributed by atoms with Gasteiger partial charge < -0.3 is 15.0 Å². The first-order chi connectivity index (χ1) is 10.8. The fourth-order valence-corrected chi connectivity index (χ4v) is 3.57. The SMILES string of the molecule is Cc1ccc2cc(C(=O)N3CCC(CC(C)(C)O)CC3)[nH]c2c1. The Balaban J connectivity index is 1.66. The lowest BCUT2D eigenvalue weighted by Crippen LogP contribution is -2.40. The van der Waals surface area contributed by atoms with Crippen molar-refractivity contribution >= 4 is 16.8 Å². The molecule has 2 N–H and O–H groups in total. The molecule has 1 aliphatic rings. The summed E-state index contributed by atoms with van der Waals surface area (Å²) in [6, 6.07) is 8.13. The highest BCUT2D eigenvalue weighted by molar-refractivity contribution is 5.98. The highest BCUT2D eigenvalue weighted by Gasteiger charge is 2.27. The Morgan fingerprint density at radius 3 is 2.65 bits per heavy atom. The van der Waals surface area contributed by atoms with Gasteiger partial charge in [-0.15, -0.1) is 0 Å². The van der Waals surface area contributed by atoms with Crippen molar-refractivity contribution in [1.29, 1.82) is 0 Å². The predicted octanol–water partition coefficient (Wildman–Crippen LogP) is 3.49. The molecule has 1 fully saturated rings. The lowest BCUT2D eigenvalue weighted by atomic mass is 9.86. The Morgan fingerprint density at radius 2 is 2.00 bits per heavy atom. The van der Waals surface area contributed by atoms with Crippen LogP contribution in [0.5, 0.6) is 0 Å². The molecular formula is C19H26N2O2. The second-order valence-electron chi connectivity index (χ2n) is 7.53. The van der Waals surface area contributed by atoms with Gasteiger partial charge in [0.15, 0.2) is 0 Å². The van der Waals surface area contributed by atoms with Gasteiger partial charge in [0.05, 0.1) is 5.60 Å². The smallest absolute Gasteiger partial charge is 0.270 e. The zero-order valence-corrected chi connectivity index (χ0v) is 14.2. The minimum atomic E-state index is -0.619. The summed E-state index contributed by atoms with van der Waals surface area (Å²) in [6.45, 7) is 7.31. The van der Waals surface area contributed by atoms with E-state index in [4.69, 9.17) is 0 Å². The number of piperidine rings is 1. The Labute approximate surface area is 137 Å². The average Bonchev–Trinajstić information content (AvgIpc) is 2.88. The van der Waals surface area contributed by atoms with Crippen LogP contribution < -0.4 is 0 Å². The summed E-state index contributed by atoms with van der Waals surface area (Å²) < 4.78 is 0. The molecule has 0 radical (unpaired) electrons. The van der Waals surface area contributed by atoms with E-state index in [1.807, 2.05) is 30.9 Å². The molecule has 124 valence electrons. The van der Waals surface area contributed by atoms with Crippen LogP contribution in [0.3, 0.4) is 0 Å². The number of likely N-dealkylation sites (tertiary alicyclic amines) is 1. The number of benzene rings is 1. The third-order valence-electron chi connectivity index (χ3n) is 4.70. The summed E-state index contributed by atoms with van der Waals surface area (Å²) in [7, 11) is 0. The van der Waals surface area contributed by atoms with E-state index in [0.717, 1.165) is 43.3 Å². The Hall–Kier alpha value is -1.81. The molecule has 1 amide bonds. The number of hydrogen-bond donors (Lipinski definition) is 2. The largest absolute Gasteiger partial charge is 0.390 e. The minimum Gasteiger partial charge on any atom is -0.390 e. The van der Waals surface area contributed by atoms with Gasteiger partial charge in [0.1, 0.15) is 5.69 Å². The summed E-state index contributed by atoms with van der Waals surface area (Å²) in [6.07, 6.45) is 2.74. The topological polar surface area (TPSA) is 56.3 Å². The number of amides is 1. The van der Waals surface area contributed by atoms with E-state index in [0.29, 0.717) is 11.6 Å². The molecule has 4 heteroatoms. The number of aromatic nitrogens is 1. The molecule has 1 aromatic heterocycles. The fourth-order valence-electron chi connectivity index (χ4n) is 3.57. The monoisotopic (exact) mass is 314 g/mol. The molecule has 23 heavy (non-hydrogen) atoms. The van der Waals surface area contributed by atoms with E-state index in [9.17, 15) is 9.90 Å². The molecule has 1 aromatic carbocycles. The number of fused-ring (bicyclic) bond motifs is 1. The van der Waals surface area contributed by atoms with Gasteiger partial charge in [0, 0.05) is 24.0 Å². The third-order valence-corrected chi connectivity index (χ3v) is 4.70. The lowest BCUT2D eigenvalue weighted by Gasteiger charge is -2.34. The first-order valence-corrected chi connectivity index (χ1v) is 8.43. The molecule has 0 atom stereocenters. The van der Waals surface area contributed by atoms with E-state index >= 15 is 0 Å². The Morgan fingerprint density at radius 1 is 1.30 bits per heavy atom. The number of carbonyl (C=O) groups is 1. The zero-order chi connectivity index (χ0) is 16.6. The Kier molecular flexibility index (Phi) is 4.19. The number of hydrogen-bond acceptors (Lipinski definition) is 2. The molecule has 1 aliphatic heterocycles. The number of nitrogens with one attached hydrogen (secondary N) is 1. The van der Waals surface area contributed by atoms with Crippen LogP contribution in [0.2, 0.25) is 0 Å². The standard InChI is InChI=1S/C19H26N2O2/c1-13-4-5-15-11-17(20-16(15)10-13)18(22)21-8-6-14(7-9-21)12-19(2,3)23/h4-5,10-11,14,20,23H,6-9,12H2,1-3H3. The maximum Gasteiger partial charge on any atom is 0.270 e. The van der Waals surface area contributed by atoms with Gasteiger partial charge in [-0.2, -0.15) is 0 Å².